The van der Waals surface area contributed by atoms with Gasteiger partial charge in [-0.15, -0.1) is 11.3 Å². The van der Waals surface area contributed by atoms with Gasteiger partial charge < -0.3 is 15.2 Å². The molecule has 0 saturated carbocycles. The Morgan fingerprint density at radius 1 is 1.21 bits per heavy atom. The Hall–Kier alpha value is -3.20. The fourth-order valence-electron chi connectivity index (χ4n) is 2.95. The Kier molecular flexibility index (Phi) is 6.05. The number of hydrogen-bond donors (Lipinski definition) is 3. The van der Waals surface area contributed by atoms with Crippen LogP contribution >= 0.6 is 11.3 Å². The highest BCUT2D eigenvalue weighted by Gasteiger charge is 2.28. The minimum Gasteiger partial charge on any atom is -0.508 e. The zero-order valence-electron chi connectivity index (χ0n) is 15.2. The number of benzene rings is 1. The molecule has 1 heterocycles. The summed E-state index contributed by atoms with van der Waals surface area (Å²) in [6.45, 7) is 0. The van der Waals surface area contributed by atoms with Crippen LogP contribution in [0.15, 0.2) is 29.4 Å². The number of thiophene rings is 1. The number of nitrogens with zero attached hydrogens (tertiary/aromatic N) is 1. The van der Waals surface area contributed by atoms with E-state index in [1.807, 2.05) is 0 Å². The molecule has 8 nitrogen and oxygen atoms in total. The van der Waals surface area contributed by atoms with Gasteiger partial charge in [-0.25, -0.2) is 10.2 Å². The van der Waals surface area contributed by atoms with Gasteiger partial charge in [0, 0.05) is 4.88 Å². The minimum absolute atomic E-state index is 0.0602. The van der Waals surface area contributed by atoms with E-state index >= 15 is 0 Å². The summed E-state index contributed by atoms with van der Waals surface area (Å²) in [5, 5.41) is 15.9. The van der Waals surface area contributed by atoms with E-state index in [2.05, 4.69) is 15.8 Å². The van der Waals surface area contributed by atoms with Crippen LogP contribution in [-0.4, -0.2) is 36.2 Å². The highest BCUT2D eigenvalue weighted by atomic mass is 32.1. The van der Waals surface area contributed by atoms with Crippen LogP contribution in [0.25, 0.3) is 0 Å². The van der Waals surface area contributed by atoms with Crippen LogP contribution in [0.1, 0.15) is 39.2 Å². The molecule has 146 valence electrons. The first-order valence-electron chi connectivity index (χ1n) is 8.66. The number of ether oxygens (including phenoxy) is 1. The Bertz CT molecular complexity index is 951. The summed E-state index contributed by atoms with van der Waals surface area (Å²) in [5.41, 5.74) is 3.89. The standard InChI is InChI=1S/C19H19N3O5S/c1-27-19(26)15-13-7-2-3-8-14(13)28-18(15)21-16(24)17(25)22-20-10-11-5-4-6-12(23)9-11/h4-6,9-10,23H,2-3,7-8H2,1H3,(H,21,24)(H,22,25)/b20-10+. The van der Waals surface area contributed by atoms with Crippen LogP contribution in [-0.2, 0) is 27.2 Å². The summed E-state index contributed by atoms with van der Waals surface area (Å²) in [6.07, 6.45) is 4.86. The van der Waals surface area contributed by atoms with Gasteiger partial charge in [-0.05, 0) is 48.9 Å². The van der Waals surface area contributed by atoms with Crippen LogP contribution in [0, 0.1) is 0 Å². The fraction of sp³-hybridized carbons (Fsp3) is 0.263. The van der Waals surface area contributed by atoms with Crippen molar-refractivity contribution in [3.63, 3.8) is 0 Å². The number of aromatic hydroxyl groups is 1. The second kappa shape index (κ2) is 8.66. The number of fused-ring (bicyclic) bond motifs is 1. The van der Waals surface area contributed by atoms with Crippen molar-refractivity contribution < 1.29 is 24.2 Å². The third-order valence-electron chi connectivity index (χ3n) is 4.24. The summed E-state index contributed by atoms with van der Waals surface area (Å²) in [7, 11) is 1.28. The lowest BCUT2D eigenvalue weighted by Crippen LogP contribution is -2.32. The maximum absolute atomic E-state index is 12.2. The fourth-order valence-corrected chi connectivity index (χ4v) is 4.23. The molecule has 0 bridgehead atoms. The van der Waals surface area contributed by atoms with Crippen LogP contribution in [0.5, 0.6) is 5.75 Å². The Balaban J connectivity index is 1.69. The molecule has 0 aliphatic heterocycles. The van der Waals surface area contributed by atoms with E-state index in [9.17, 15) is 19.5 Å². The number of anilines is 1. The van der Waals surface area contributed by atoms with Crippen molar-refractivity contribution in [2.75, 3.05) is 12.4 Å². The first kappa shape index (κ1) is 19.6. The molecule has 0 spiro atoms. The van der Waals surface area contributed by atoms with Crippen LogP contribution in [0.3, 0.4) is 0 Å². The van der Waals surface area contributed by atoms with Crippen molar-refractivity contribution in [1.82, 2.24) is 5.43 Å². The topological polar surface area (TPSA) is 117 Å². The number of phenols is 1. The molecule has 0 radical (unpaired) electrons. The number of aryl methyl sites for hydroxylation is 1. The summed E-state index contributed by atoms with van der Waals surface area (Å²) < 4.78 is 4.84. The molecule has 1 aliphatic carbocycles. The third kappa shape index (κ3) is 4.37. The zero-order valence-corrected chi connectivity index (χ0v) is 16.0. The molecule has 1 aromatic carbocycles. The van der Waals surface area contributed by atoms with Gasteiger partial charge in [0.15, 0.2) is 0 Å². The normalized spacial score (nSPS) is 13.0. The first-order valence-corrected chi connectivity index (χ1v) is 9.47. The number of nitrogens with one attached hydrogen (secondary N) is 2. The number of phenolic OH excluding ortho intramolecular Hbond substituents is 1. The van der Waals surface area contributed by atoms with E-state index in [0.29, 0.717) is 16.1 Å². The van der Waals surface area contributed by atoms with E-state index in [4.69, 9.17) is 4.74 Å². The number of methoxy groups -OCH3 is 1. The molecule has 3 N–H and O–H groups in total. The average molecular weight is 401 g/mol. The van der Waals surface area contributed by atoms with E-state index in [1.54, 1.807) is 12.1 Å². The van der Waals surface area contributed by atoms with Crippen molar-refractivity contribution in [3.8, 4) is 5.75 Å². The second-order valence-electron chi connectivity index (χ2n) is 6.15. The van der Waals surface area contributed by atoms with Crippen molar-refractivity contribution in [3.05, 3.63) is 45.8 Å². The molecule has 1 aliphatic rings. The second-order valence-corrected chi connectivity index (χ2v) is 7.26. The molecule has 9 heteroatoms. The van der Waals surface area contributed by atoms with Crippen molar-refractivity contribution in [1.29, 1.82) is 0 Å². The van der Waals surface area contributed by atoms with Crippen molar-refractivity contribution >= 4 is 40.3 Å². The summed E-state index contributed by atoms with van der Waals surface area (Å²) in [4.78, 5) is 37.4. The predicted octanol–water partition coefficient (Wildman–Crippen LogP) is 2.21. The number of hydrazone groups is 1. The summed E-state index contributed by atoms with van der Waals surface area (Å²) in [5.74, 6) is -2.38. The number of hydrogen-bond acceptors (Lipinski definition) is 7. The molecular weight excluding hydrogens is 382 g/mol. The maximum atomic E-state index is 12.2. The molecule has 0 fully saturated rings. The Morgan fingerprint density at radius 2 is 2.00 bits per heavy atom. The average Bonchev–Trinajstić information content (AvgIpc) is 3.05. The Morgan fingerprint density at radius 3 is 2.75 bits per heavy atom. The van der Waals surface area contributed by atoms with E-state index < -0.39 is 17.8 Å². The molecule has 1 aromatic heterocycles. The van der Waals surface area contributed by atoms with Gasteiger partial charge in [0.25, 0.3) is 0 Å². The smallest absolute Gasteiger partial charge is 0.341 e. The van der Waals surface area contributed by atoms with Gasteiger partial charge in [0.05, 0.1) is 18.9 Å². The number of carbonyl (C=O) groups excluding carboxylic acids is 3. The van der Waals surface area contributed by atoms with Gasteiger partial charge in [-0.2, -0.15) is 5.10 Å². The molecule has 2 amide bonds. The van der Waals surface area contributed by atoms with Crippen LogP contribution in [0.4, 0.5) is 5.00 Å². The van der Waals surface area contributed by atoms with Gasteiger partial charge in [0.2, 0.25) is 0 Å². The molecule has 28 heavy (non-hydrogen) atoms. The first-order chi connectivity index (χ1) is 13.5. The van der Waals surface area contributed by atoms with Gasteiger partial charge in [0.1, 0.15) is 10.8 Å². The van der Waals surface area contributed by atoms with Gasteiger partial charge >= 0.3 is 17.8 Å². The number of rotatable bonds is 4. The quantitative estimate of drug-likeness (QED) is 0.314. The Labute approximate surface area is 165 Å². The van der Waals surface area contributed by atoms with Crippen LogP contribution in [0.2, 0.25) is 0 Å². The molecule has 2 aromatic rings. The summed E-state index contributed by atoms with van der Waals surface area (Å²) in [6, 6.07) is 6.25. The zero-order chi connectivity index (χ0) is 20.1. The molecular formula is C19H19N3O5S. The van der Waals surface area contributed by atoms with Gasteiger partial charge in [-0.3, -0.25) is 9.59 Å². The van der Waals surface area contributed by atoms with E-state index in [-0.39, 0.29) is 5.75 Å². The number of carbonyl (C=O) groups is 3. The lowest BCUT2D eigenvalue weighted by atomic mass is 9.95. The van der Waals surface area contributed by atoms with E-state index in [1.165, 1.54) is 36.8 Å². The largest absolute Gasteiger partial charge is 0.508 e. The highest BCUT2D eigenvalue weighted by Crippen LogP contribution is 2.38. The number of amides is 2. The lowest BCUT2D eigenvalue weighted by molar-refractivity contribution is -0.136. The molecule has 0 atom stereocenters. The van der Waals surface area contributed by atoms with Crippen molar-refractivity contribution in [2.45, 2.75) is 25.7 Å². The van der Waals surface area contributed by atoms with Crippen LogP contribution < -0.4 is 10.7 Å². The third-order valence-corrected chi connectivity index (χ3v) is 5.45. The predicted molar refractivity (Wildman–Crippen MR) is 105 cm³/mol. The maximum Gasteiger partial charge on any atom is 0.341 e. The summed E-state index contributed by atoms with van der Waals surface area (Å²) >= 11 is 1.29. The van der Waals surface area contributed by atoms with Gasteiger partial charge in [-0.1, -0.05) is 12.1 Å². The highest BCUT2D eigenvalue weighted by molar-refractivity contribution is 7.17. The monoisotopic (exact) mass is 401 g/mol. The van der Waals surface area contributed by atoms with Crippen molar-refractivity contribution in [2.24, 2.45) is 5.10 Å². The lowest BCUT2D eigenvalue weighted by Gasteiger charge is -2.11. The molecule has 0 saturated heterocycles. The SMILES string of the molecule is COC(=O)c1c(NC(=O)C(=O)N/N=C/c2cccc(O)c2)sc2c1CCCC2. The molecule has 0 unspecified atom stereocenters. The van der Waals surface area contributed by atoms with E-state index in [0.717, 1.165) is 36.1 Å². The minimum atomic E-state index is -0.974. The molecule has 3 rings (SSSR count). The number of esters is 1.